The fraction of sp³-hybridized carbons (Fsp3) is 0.0909. The first-order valence-corrected chi connectivity index (χ1v) is 6.24. The van der Waals surface area contributed by atoms with Crippen molar-refractivity contribution in [3.8, 4) is 0 Å². The maximum absolute atomic E-state index is 5.69. The van der Waals surface area contributed by atoms with Gasteiger partial charge < -0.3 is 11.1 Å². The molecule has 2 rings (SSSR count). The van der Waals surface area contributed by atoms with Crippen molar-refractivity contribution in [2.45, 2.75) is 6.54 Å². The number of anilines is 2. The van der Waals surface area contributed by atoms with Crippen molar-refractivity contribution in [1.29, 1.82) is 0 Å². The molecule has 1 aromatic heterocycles. The van der Waals surface area contributed by atoms with Gasteiger partial charge in [0.05, 0.1) is 6.54 Å². The van der Waals surface area contributed by atoms with Gasteiger partial charge in [-0.2, -0.15) is 0 Å². The van der Waals surface area contributed by atoms with Crippen LogP contribution in [0.5, 0.6) is 0 Å². The maximum atomic E-state index is 5.69. The zero-order chi connectivity index (χ0) is 10.7. The second-order valence-electron chi connectivity index (χ2n) is 3.17. The minimum absolute atomic E-state index is 0.783. The molecule has 0 aliphatic rings. The number of nitrogen functional groups attached to an aromatic ring is 1. The Morgan fingerprint density at radius 3 is 2.87 bits per heavy atom. The lowest BCUT2D eigenvalue weighted by atomic mass is 10.3. The molecule has 1 aromatic carbocycles. The van der Waals surface area contributed by atoms with Crippen molar-refractivity contribution >= 4 is 38.6 Å². The molecule has 0 aliphatic heterocycles. The van der Waals surface area contributed by atoms with Gasteiger partial charge in [-0.15, -0.1) is 11.3 Å². The summed E-state index contributed by atoms with van der Waals surface area (Å²) in [5.41, 5.74) is 7.52. The molecular weight excluding hydrogens is 272 g/mol. The van der Waals surface area contributed by atoms with Gasteiger partial charge in [0, 0.05) is 20.7 Å². The summed E-state index contributed by atoms with van der Waals surface area (Å²) in [4.78, 5) is 1.29. The molecule has 1 heterocycles. The predicted molar refractivity (Wildman–Crippen MR) is 70.2 cm³/mol. The third-order valence-corrected chi connectivity index (χ3v) is 3.96. The van der Waals surface area contributed by atoms with Crippen molar-refractivity contribution in [2.75, 3.05) is 11.1 Å². The Morgan fingerprint density at radius 2 is 2.20 bits per heavy atom. The summed E-state index contributed by atoms with van der Waals surface area (Å²) in [7, 11) is 0. The van der Waals surface area contributed by atoms with Crippen LogP contribution in [0, 0.1) is 0 Å². The Balaban J connectivity index is 2.02. The number of halogens is 1. The van der Waals surface area contributed by atoms with Crippen LogP contribution in [-0.4, -0.2) is 0 Å². The molecular formula is C11H11BrN2S. The SMILES string of the molecule is Nc1cccc(NCc2sccc2Br)c1. The Kier molecular flexibility index (Phi) is 3.28. The van der Waals surface area contributed by atoms with E-state index in [1.807, 2.05) is 24.3 Å². The Bertz CT molecular complexity index is 453. The highest BCUT2D eigenvalue weighted by atomic mass is 79.9. The van der Waals surface area contributed by atoms with Crippen molar-refractivity contribution in [3.63, 3.8) is 0 Å². The molecule has 0 radical (unpaired) electrons. The van der Waals surface area contributed by atoms with Crippen molar-refractivity contribution in [1.82, 2.24) is 0 Å². The third kappa shape index (κ3) is 2.73. The van der Waals surface area contributed by atoms with E-state index in [0.29, 0.717) is 0 Å². The summed E-state index contributed by atoms with van der Waals surface area (Å²) in [6.07, 6.45) is 0. The van der Waals surface area contributed by atoms with Crippen LogP contribution in [0.25, 0.3) is 0 Å². The fourth-order valence-electron chi connectivity index (χ4n) is 1.28. The molecule has 0 spiro atoms. The molecule has 4 heteroatoms. The molecule has 0 atom stereocenters. The Labute approximate surface area is 101 Å². The van der Waals surface area contributed by atoms with Crippen LogP contribution in [0.3, 0.4) is 0 Å². The summed E-state index contributed by atoms with van der Waals surface area (Å²) >= 11 is 5.23. The van der Waals surface area contributed by atoms with Gasteiger partial charge in [-0.25, -0.2) is 0 Å². The highest BCUT2D eigenvalue weighted by molar-refractivity contribution is 9.10. The lowest BCUT2D eigenvalue weighted by Gasteiger charge is -2.05. The highest BCUT2D eigenvalue weighted by Gasteiger charge is 2.00. The number of nitrogens with two attached hydrogens (primary N) is 1. The van der Waals surface area contributed by atoms with Crippen LogP contribution in [-0.2, 0) is 6.54 Å². The standard InChI is InChI=1S/C11H11BrN2S/c12-10-4-5-15-11(10)7-14-9-3-1-2-8(13)6-9/h1-6,14H,7,13H2. The van der Waals surface area contributed by atoms with Gasteiger partial charge in [0.25, 0.3) is 0 Å². The molecule has 78 valence electrons. The average molecular weight is 283 g/mol. The number of rotatable bonds is 3. The molecule has 0 unspecified atom stereocenters. The molecule has 3 N–H and O–H groups in total. The summed E-state index contributed by atoms with van der Waals surface area (Å²) < 4.78 is 1.16. The number of hydrogen-bond acceptors (Lipinski definition) is 3. The first-order valence-electron chi connectivity index (χ1n) is 4.57. The molecule has 0 aliphatic carbocycles. The molecule has 0 amide bonds. The molecule has 15 heavy (non-hydrogen) atoms. The number of nitrogens with one attached hydrogen (secondary N) is 1. The van der Waals surface area contributed by atoms with Gasteiger partial charge >= 0.3 is 0 Å². The minimum Gasteiger partial charge on any atom is -0.399 e. The van der Waals surface area contributed by atoms with Gasteiger partial charge in [-0.05, 0) is 45.6 Å². The van der Waals surface area contributed by atoms with Crippen molar-refractivity contribution in [3.05, 3.63) is 45.1 Å². The molecule has 0 bridgehead atoms. The maximum Gasteiger partial charge on any atom is 0.0505 e. The van der Waals surface area contributed by atoms with E-state index in [1.165, 1.54) is 4.88 Å². The quantitative estimate of drug-likeness (QED) is 0.843. The normalized spacial score (nSPS) is 10.2. The molecule has 2 nitrogen and oxygen atoms in total. The monoisotopic (exact) mass is 282 g/mol. The van der Waals surface area contributed by atoms with Crippen LogP contribution >= 0.6 is 27.3 Å². The molecule has 2 aromatic rings. The third-order valence-electron chi connectivity index (χ3n) is 2.03. The van der Waals surface area contributed by atoms with Crippen LogP contribution in [0.2, 0.25) is 0 Å². The minimum atomic E-state index is 0.783. The zero-order valence-corrected chi connectivity index (χ0v) is 10.4. The van der Waals surface area contributed by atoms with Gasteiger partial charge in [0.15, 0.2) is 0 Å². The molecule has 0 saturated heterocycles. The number of benzene rings is 1. The van der Waals surface area contributed by atoms with E-state index in [0.717, 1.165) is 22.4 Å². The van der Waals surface area contributed by atoms with Crippen LogP contribution < -0.4 is 11.1 Å². The summed E-state index contributed by atoms with van der Waals surface area (Å²) in [5, 5.41) is 5.40. The largest absolute Gasteiger partial charge is 0.399 e. The van der Waals surface area contributed by atoms with Gasteiger partial charge in [-0.3, -0.25) is 0 Å². The van der Waals surface area contributed by atoms with Gasteiger partial charge in [0.2, 0.25) is 0 Å². The average Bonchev–Trinajstić information content (AvgIpc) is 2.61. The van der Waals surface area contributed by atoms with Crippen LogP contribution in [0.4, 0.5) is 11.4 Å². The summed E-state index contributed by atoms with van der Waals surface area (Å²) in [6.45, 7) is 0.821. The van der Waals surface area contributed by atoms with E-state index < -0.39 is 0 Å². The highest BCUT2D eigenvalue weighted by Crippen LogP contribution is 2.23. The van der Waals surface area contributed by atoms with E-state index in [1.54, 1.807) is 11.3 Å². The van der Waals surface area contributed by atoms with Gasteiger partial charge in [0.1, 0.15) is 0 Å². The summed E-state index contributed by atoms with van der Waals surface area (Å²) in [6, 6.07) is 9.83. The van der Waals surface area contributed by atoms with Crippen LogP contribution in [0.15, 0.2) is 40.2 Å². The van der Waals surface area contributed by atoms with Crippen LogP contribution in [0.1, 0.15) is 4.88 Å². The van der Waals surface area contributed by atoms with E-state index >= 15 is 0 Å². The second-order valence-corrected chi connectivity index (χ2v) is 5.03. The Hall–Kier alpha value is -1.00. The fourth-order valence-corrected chi connectivity index (χ4v) is 2.71. The van der Waals surface area contributed by atoms with E-state index in [2.05, 4.69) is 32.7 Å². The van der Waals surface area contributed by atoms with Gasteiger partial charge in [-0.1, -0.05) is 6.07 Å². The number of hydrogen-bond donors (Lipinski definition) is 2. The smallest absolute Gasteiger partial charge is 0.0505 e. The van der Waals surface area contributed by atoms with Crippen molar-refractivity contribution in [2.24, 2.45) is 0 Å². The first kappa shape index (κ1) is 10.5. The lowest BCUT2D eigenvalue weighted by Crippen LogP contribution is -1.98. The predicted octanol–water partition coefficient (Wildman–Crippen LogP) is 3.70. The van der Waals surface area contributed by atoms with E-state index in [-0.39, 0.29) is 0 Å². The second kappa shape index (κ2) is 4.68. The molecule has 0 saturated carbocycles. The Morgan fingerprint density at radius 1 is 1.33 bits per heavy atom. The van der Waals surface area contributed by atoms with E-state index in [4.69, 9.17) is 5.73 Å². The lowest BCUT2D eigenvalue weighted by molar-refractivity contribution is 1.18. The first-order chi connectivity index (χ1) is 7.25. The number of thiophene rings is 1. The zero-order valence-electron chi connectivity index (χ0n) is 8.03. The topological polar surface area (TPSA) is 38.0 Å². The molecule has 0 fully saturated rings. The van der Waals surface area contributed by atoms with Crippen molar-refractivity contribution < 1.29 is 0 Å². The summed E-state index contributed by atoms with van der Waals surface area (Å²) in [5.74, 6) is 0. The van der Waals surface area contributed by atoms with E-state index in [9.17, 15) is 0 Å².